The maximum Gasteiger partial charge on any atom is 0.324 e. The summed E-state index contributed by atoms with van der Waals surface area (Å²) in [7, 11) is 0. The van der Waals surface area contributed by atoms with Gasteiger partial charge in [0, 0.05) is 30.2 Å². The number of rotatable bonds is 3. The summed E-state index contributed by atoms with van der Waals surface area (Å²) in [6.45, 7) is 1.74. The van der Waals surface area contributed by atoms with Crippen molar-refractivity contribution in [2.45, 2.75) is 13.0 Å². The SMILES string of the molecule is O=[N+]([O-])c1cc(CN2CCc3ccccc32)cs1. The smallest absolute Gasteiger partial charge is 0.324 e. The van der Waals surface area contributed by atoms with Crippen LogP contribution in [-0.4, -0.2) is 11.5 Å². The van der Waals surface area contributed by atoms with Crippen LogP contribution in [0.3, 0.4) is 0 Å². The van der Waals surface area contributed by atoms with Crippen LogP contribution in [0.15, 0.2) is 35.7 Å². The van der Waals surface area contributed by atoms with Gasteiger partial charge in [0.2, 0.25) is 0 Å². The van der Waals surface area contributed by atoms with Gasteiger partial charge in [-0.25, -0.2) is 0 Å². The van der Waals surface area contributed by atoms with Gasteiger partial charge in [0.25, 0.3) is 0 Å². The Hall–Kier alpha value is -1.88. The Morgan fingerprint density at radius 2 is 2.22 bits per heavy atom. The van der Waals surface area contributed by atoms with Crippen LogP contribution in [0, 0.1) is 10.1 Å². The molecule has 1 aromatic carbocycles. The predicted molar refractivity (Wildman–Crippen MR) is 72.2 cm³/mol. The molecule has 0 saturated heterocycles. The molecule has 0 radical (unpaired) electrons. The second-order valence-electron chi connectivity index (χ2n) is 4.35. The van der Waals surface area contributed by atoms with E-state index in [2.05, 4.69) is 23.1 Å². The number of thiophene rings is 1. The Morgan fingerprint density at radius 1 is 1.39 bits per heavy atom. The highest BCUT2D eigenvalue weighted by molar-refractivity contribution is 7.13. The zero-order valence-corrected chi connectivity index (χ0v) is 10.5. The van der Waals surface area contributed by atoms with Gasteiger partial charge in [-0.1, -0.05) is 29.5 Å². The number of anilines is 1. The number of fused-ring (bicyclic) bond motifs is 1. The van der Waals surface area contributed by atoms with E-state index in [0.717, 1.165) is 25.1 Å². The third-order valence-electron chi connectivity index (χ3n) is 3.18. The van der Waals surface area contributed by atoms with Gasteiger partial charge in [-0.05, 0) is 23.6 Å². The summed E-state index contributed by atoms with van der Waals surface area (Å²) in [6, 6.07) is 10.0. The third-order valence-corrected chi connectivity index (χ3v) is 4.11. The molecule has 0 amide bonds. The average molecular weight is 260 g/mol. The van der Waals surface area contributed by atoms with Crippen LogP contribution in [0.2, 0.25) is 0 Å². The topological polar surface area (TPSA) is 46.4 Å². The van der Waals surface area contributed by atoms with Crippen LogP contribution in [0.25, 0.3) is 0 Å². The first-order valence-electron chi connectivity index (χ1n) is 5.79. The first kappa shape index (κ1) is 11.2. The Morgan fingerprint density at radius 3 is 3.00 bits per heavy atom. The molecule has 0 bridgehead atoms. The van der Waals surface area contributed by atoms with Crippen molar-refractivity contribution in [2.24, 2.45) is 0 Å². The van der Waals surface area contributed by atoms with Crippen LogP contribution in [0.5, 0.6) is 0 Å². The number of para-hydroxylation sites is 1. The zero-order chi connectivity index (χ0) is 12.5. The second kappa shape index (κ2) is 4.42. The molecule has 1 aliphatic heterocycles. The molecule has 18 heavy (non-hydrogen) atoms. The molecule has 0 spiro atoms. The molecule has 1 aliphatic rings. The maximum atomic E-state index is 10.7. The van der Waals surface area contributed by atoms with E-state index in [-0.39, 0.29) is 9.92 Å². The molecule has 0 aliphatic carbocycles. The van der Waals surface area contributed by atoms with E-state index in [1.54, 1.807) is 6.07 Å². The molecule has 0 atom stereocenters. The molecule has 92 valence electrons. The molecule has 2 heterocycles. The van der Waals surface area contributed by atoms with E-state index in [1.807, 2.05) is 11.4 Å². The van der Waals surface area contributed by atoms with Gasteiger partial charge in [-0.3, -0.25) is 10.1 Å². The van der Waals surface area contributed by atoms with E-state index in [4.69, 9.17) is 0 Å². The monoisotopic (exact) mass is 260 g/mol. The first-order valence-corrected chi connectivity index (χ1v) is 6.66. The van der Waals surface area contributed by atoms with Crippen molar-refractivity contribution in [2.75, 3.05) is 11.4 Å². The molecular formula is C13H12N2O2S. The lowest BCUT2D eigenvalue weighted by Crippen LogP contribution is -2.19. The van der Waals surface area contributed by atoms with Crippen molar-refractivity contribution in [3.05, 3.63) is 57.0 Å². The molecule has 1 aromatic heterocycles. The maximum absolute atomic E-state index is 10.7. The summed E-state index contributed by atoms with van der Waals surface area (Å²) in [5.74, 6) is 0. The minimum Gasteiger partial charge on any atom is -0.367 e. The highest BCUT2D eigenvalue weighted by atomic mass is 32.1. The van der Waals surface area contributed by atoms with Gasteiger partial charge in [-0.15, -0.1) is 0 Å². The van der Waals surface area contributed by atoms with Crippen molar-refractivity contribution in [3.8, 4) is 0 Å². The van der Waals surface area contributed by atoms with E-state index in [9.17, 15) is 10.1 Å². The lowest BCUT2D eigenvalue weighted by molar-refractivity contribution is -0.380. The standard InChI is InChI=1S/C13H12N2O2S/c16-15(17)13-7-10(9-18-13)8-14-6-5-11-3-1-2-4-12(11)14/h1-4,7,9H,5-6,8H2. The number of benzene rings is 1. The van der Waals surface area contributed by atoms with Crippen LogP contribution < -0.4 is 4.90 Å². The van der Waals surface area contributed by atoms with Gasteiger partial charge in [0.1, 0.15) is 0 Å². The number of hydrogen-bond acceptors (Lipinski definition) is 4. The molecule has 2 aromatic rings. The number of nitro groups is 1. The quantitative estimate of drug-likeness (QED) is 0.628. The highest BCUT2D eigenvalue weighted by Crippen LogP contribution is 2.30. The summed E-state index contributed by atoms with van der Waals surface area (Å²) >= 11 is 1.20. The predicted octanol–water partition coefficient (Wildman–Crippen LogP) is 3.22. The van der Waals surface area contributed by atoms with Crippen LogP contribution in [0.4, 0.5) is 10.7 Å². The van der Waals surface area contributed by atoms with E-state index < -0.39 is 0 Å². The zero-order valence-electron chi connectivity index (χ0n) is 9.70. The minimum atomic E-state index is -0.327. The fraction of sp³-hybridized carbons (Fsp3) is 0.231. The van der Waals surface area contributed by atoms with Crippen molar-refractivity contribution in [1.29, 1.82) is 0 Å². The summed E-state index contributed by atoms with van der Waals surface area (Å²) < 4.78 is 0. The van der Waals surface area contributed by atoms with Crippen molar-refractivity contribution in [1.82, 2.24) is 0 Å². The summed E-state index contributed by atoms with van der Waals surface area (Å²) in [4.78, 5) is 12.6. The van der Waals surface area contributed by atoms with Crippen LogP contribution in [0.1, 0.15) is 11.1 Å². The average Bonchev–Trinajstić information content (AvgIpc) is 2.98. The number of nitrogens with zero attached hydrogens (tertiary/aromatic N) is 2. The van der Waals surface area contributed by atoms with E-state index in [1.165, 1.54) is 22.6 Å². The Bertz CT molecular complexity index is 594. The third kappa shape index (κ3) is 1.97. The van der Waals surface area contributed by atoms with Gasteiger partial charge >= 0.3 is 5.00 Å². The lowest BCUT2D eigenvalue weighted by Gasteiger charge is -2.18. The van der Waals surface area contributed by atoms with Crippen LogP contribution in [-0.2, 0) is 13.0 Å². The number of hydrogen-bond donors (Lipinski definition) is 0. The van der Waals surface area contributed by atoms with Crippen molar-refractivity contribution < 1.29 is 4.92 Å². The molecule has 0 N–H and O–H groups in total. The lowest BCUT2D eigenvalue weighted by atomic mass is 10.2. The molecule has 5 heteroatoms. The highest BCUT2D eigenvalue weighted by Gasteiger charge is 2.19. The van der Waals surface area contributed by atoms with Gasteiger partial charge < -0.3 is 4.90 Å². The summed E-state index contributed by atoms with van der Waals surface area (Å²) in [6.07, 6.45) is 1.06. The normalized spacial score (nSPS) is 13.7. The van der Waals surface area contributed by atoms with E-state index >= 15 is 0 Å². The Balaban J connectivity index is 1.80. The summed E-state index contributed by atoms with van der Waals surface area (Å²) in [5.41, 5.74) is 3.64. The molecule has 0 unspecified atom stereocenters. The van der Waals surface area contributed by atoms with Gasteiger partial charge in [0.05, 0.1) is 4.92 Å². The molecule has 4 nitrogen and oxygen atoms in total. The van der Waals surface area contributed by atoms with Gasteiger partial charge in [0.15, 0.2) is 0 Å². The first-order chi connectivity index (χ1) is 8.74. The Labute approximate surface area is 109 Å². The summed E-state index contributed by atoms with van der Waals surface area (Å²) in [5, 5.41) is 12.7. The molecule has 3 rings (SSSR count). The molecule has 0 saturated carbocycles. The largest absolute Gasteiger partial charge is 0.367 e. The Kier molecular flexibility index (Phi) is 2.76. The minimum absolute atomic E-state index is 0.220. The molecular weight excluding hydrogens is 248 g/mol. The van der Waals surface area contributed by atoms with Crippen molar-refractivity contribution in [3.63, 3.8) is 0 Å². The second-order valence-corrected chi connectivity index (χ2v) is 5.24. The van der Waals surface area contributed by atoms with Gasteiger partial charge in [-0.2, -0.15) is 0 Å². The molecule has 0 fully saturated rings. The van der Waals surface area contributed by atoms with E-state index in [0.29, 0.717) is 0 Å². The van der Waals surface area contributed by atoms with Crippen LogP contribution >= 0.6 is 11.3 Å². The fourth-order valence-corrected chi connectivity index (χ4v) is 3.05. The fourth-order valence-electron chi connectivity index (χ4n) is 2.33. The van der Waals surface area contributed by atoms with Crippen molar-refractivity contribution >= 4 is 22.0 Å².